The average Bonchev–Trinajstić information content (AvgIpc) is 2.15. The van der Waals surface area contributed by atoms with E-state index in [1.807, 2.05) is 0 Å². The number of primary amides is 1. The Kier molecular flexibility index (Phi) is 4.00. The molecule has 6 heteroatoms. The number of hydrogen-bond acceptors (Lipinski definition) is 4. The van der Waals surface area contributed by atoms with Crippen LogP contribution in [-0.2, 0) is 4.74 Å². The van der Waals surface area contributed by atoms with Gasteiger partial charge in [0.05, 0.1) is 11.6 Å². The van der Waals surface area contributed by atoms with Crippen LogP contribution in [0.1, 0.15) is 0 Å². The molecule has 1 heterocycles. The van der Waals surface area contributed by atoms with Gasteiger partial charge in [-0.3, -0.25) is 0 Å². The molecule has 0 spiro atoms. The highest BCUT2D eigenvalue weighted by Gasteiger charge is 1.95. The minimum absolute atomic E-state index is 0.208. The molecular weight excluding hydrogens is 206 g/mol. The molecule has 5 nitrogen and oxygen atoms in total. The van der Waals surface area contributed by atoms with E-state index < -0.39 is 6.09 Å². The third-order valence-electron chi connectivity index (χ3n) is 1.38. The lowest BCUT2D eigenvalue weighted by molar-refractivity contribution is 0.161. The van der Waals surface area contributed by atoms with Crippen LogP contribution in [0, 0.1) is 0 Å². The molecule has 0 atom stereocenters. The monoisotopic (exact) mass is 215 g/mol. The van der Waals surface area contributed by atoms with Gasteiger partial charge in [0.2, 0.25) is 0 Å². The summed E-state index contributed by atoms with van der Waals surface area (Å²) in [5, 5.41) is 3.50. The molecule has 14 heavy (non-hydrogen) atoms. The molecule has 0 saturated heterocycles. The van der Waals surface area contributed by atoms with Crippen molar-refractivity contribution in [3.05, 3.63) is 23.4 Å². The van der Waals surface area contributed by atoms with Gasteiger partial charge in [0.25, 0.3) is 0 Å². The number of nitrogens with zero attached hydrogens (tertiary/aromatic N) is 1. The zero-order chi connectivity index (χ0) is 10.4. The molecule has 3 N–H and O–H groups in total. The summed E-state index contributed by atoms with van der Waals surface area (Å²) < 4.78 is 4.51. The third kappa shape index (κ3) is 3.95. The average molecular weight is 216 g/mol. The Morgan fingerprint density at radius 2 is 2.43 bits per heavy atom. The lowest BCUT2D eigenvalue weighted by atomic mass is 10.4. The van der Waals surface area contributed by atoms with Crippen molar-refractivity contribution in [2.24, 2.45) is 5.73 Å². The Bertz CT molecular complexity index is 302. The van der Waals surface area contributed by atoms with E-state index in [1.54, 1.807) is 12.1 Å². The van der Waals surface area contributed by atoms with Gasteiger partial charge in [0, 0.05) is 6.20 Å². The van der Waals surface area contributed by atoms with Crippen LogP contribution in [0.15, 0.2) is 18.3 Å². The molecule has 1 aromatic rings. The first-order valence-electron chi connectivity index (χ1n) is 3.96. The summed E-state index contributed by atoms with van der Waals surface area (Å²) in [5.74, 6) is 0.669. The minimum atomic E-state index is -0.782. The molecule has 0 fully saturated rings. The van der Waals surface area contributed by atoms with Gasteiger partial charge in [-0.05, 0) is 12.1 Å². The summed E-state index contributed by atoms with van der Waals surface area (Å²) in [5.41, 5.74) is 4.77. The van der Waals surface area contributed by atoms with Crippen molar-refractivity contribution in [2.45, 2.75) is 0 Å². The molecule has 0 saturated carbocycles. The van der Waals surface area contributed by atoms with Crippen LogP contribution in [0.5, 0.6) is 0 Å². The SMILES string of the molecule is NC(=O)OCCNc1ccc(Cl)cn1. The Morgan fingerprint density at radius 3 is 3.00 bits per heavy atom. The molecule has 1 aromatic heterocycles. The standard InChI is InChI=1S/C8H10ClN3O2/c9-6-1-2-7(12-5-6)11-3-4-14-8(10)13/h1-2,5H,3-4H2,(H2,10,13)(H,11,12). The Balaban J connectivity index is 2.25. The number of amides is 1. The number of pyridine rings is 1. The second-order valence-electron chi connectivity index (χ2n) is 2.46. The highest BCUT2D eigenvalue weighted by molar-refractivity contribution is 6.30. The summed E-state index contributed by atoms with van der Waals surface area (Å²) in [6.07, 6.45) is 0.745. The molecule has 0 radical (unpaired) electrons. The van der Waals surface area contributed by atoms with Gasteiger partial charge in [0.15, 0.2) is 0 Å². The molecule has 0 aliphatic carbocycles. The number of anilines is 1. The highest BCUT2D eigenvalue weighted by Crippen LogP contribution is 2.08. The van der Waals surface area contributed by atoms with Gasteiger partial charge in [0.1, 0.15) is 12.4 Å². The summed E-state index contributed by atoms with van der Waals surface area (Å²) in [4.78, 5) is 14.2. The predicted molar refractivity (Wildman–Crippen MR) is 53.3 cm³/mol. The van der Waals surface area contributed by atoms with Gasteiger partial charge in [-0.1, -0.05) is 11.6 Å². The number of nitrogens with two attached hydrogens (primary N) is 1. The zero-order valence-electron chi connectivity index (χ0n) is 7.37. The smallest absolute Gasteiger partial charge is 0.404 e. The number of aromatic nitrogens is 1. The maximum Gasteiger partial charge on any atom is 0.404 e. The Labute approximate surface area is 86.2 Å². The first kappa shape index (κ1) is 10.6. The number of halogens is 1. The molecule has 0 aliphatic heterocycles. The highest BCUT2D eigenvalue weighted by atomic mass is 35.5. The maximum atomic E-state index is 10.2. The van der Waals surface area contributed by atoms with E-state index in [4.69, 9.17) is 17.3 Å². The molecule has 0 bridgehead atoms. The van der Waals surface area contributed by atoms with Crippen LogP contribution in [0.2, 0.25) is 5.02 Å². The molecule has 1 amide bonds. The van der Waals surface area contributed by atoms with Gasteiger partial charge in [-0.25, -0.2) is 9.78 Å². The Morgan fingerprint density at radius 1 is 1.64 bits per heavy atom. The van der Waals surface area contributed by atoms with Gasteiger partial charge >= 0.3 is 6.09 Å². The van der Waals surface area contributed by atoms with Crippen molar-refractivity contribution >= 4 is 23.5 Å². The van der Waals surface area contributed by atoms with E-state index in [9.17, 15) is 4.79 Å². The second kappa shape index (κ2) is 5.29. The van der Waals surface area contributed by atoms with E-state index in [1.165, 1.54) is 6.20 Å². The largest absolute Gasteiger partial charge is 0.448 e. The van der Waals surface area contributed by atoms with Gasteiger partial charge in [-0.2, -0.15) is 0 Å². The summed E-state index contributed by atoms with van der Waals surface area (Å²) >= 11 is 5.64. The number of rotatable bonds is 4. The topological polar surface area (TPSA) is 77.2 Å². The quantitative estimate of drug-likeness (QED) is 0.741. The maximum absolute atomic E-state index is 10.2. The van der Waals surface area contributed by atoms with Crippen LogP contribution in [0.3, 0.4) is 0 Å². The van der Waals surface area contributed by atoms with Crippen LogP contribution in [0.25, 0.3) is 0 Å². The van der Waals surface area contributed by atoms with Crippen molar-refractivity contribution in [1.82, 2.24) is 4.98 Å². The molecule has 1 rings (SSSR count). The fourth-order valence-electron chi connectivity index (χ4n) is 0.811. The molecular formula is C8H10ClN3O2. The van der Waals surface area contributed by atoms with Gasteiger partial charge < -0.3 is 15.8 Å². The molecule has 76 valence electrons. The normalized spacial score (nSPS) is 9.50. The van der Waals surface area contributed by atoms with Crippen molar-refractivity contribution < 1.29 is 9.53 Å². The van der Waals surface area contributed by atoms with E-state index >= 15 is 0 Å². The number of nitrogens with one attached hydrogen (secondary N) is 1. The van der Waals surface area contributed by atoms with Crippen molar-refractivity contribution in [1.29, 1.82) is 0 Å². The van der Waals surface area contributed by atoms with Crippen LogP contribution in [-0.4, -0.2) is 24.2 Å². The lowest BCUT2D eigenvalue weighted by Crippen LogP contribution is -2.18. The van der Waals surface area contributed by atoms with Crippen LogP contribution < -0.4 is 11.1 Å². The Hall–Kier alpha value is -1.49. The summed E-state index contributed by atoms with van der Waals surface area (Å²) in [6.45, 7) is 0.664. The van der Waals surface area contributed by atoms with E-state index in [0.29, 0.717) is 17.4 Å². The molecule has 0 aliphatic rings. The summed E-state index contributed by atoms with van der Waals surface area (Å²) in [7, 11) is 0. The fourth-order valence-corrected chi connectivity index (χ4v) is 0.923. The molecule has 0 aromatic carbocycles. The zero-order valence-corrected chi connectivity index (χ0v) is 8.12. The van der Waals surface area contributed by atoms with E-state index in [2.05, 4.69) is 15.0 Å². The van der Waals surface area contributed by atoms with Crippen molar-refractivity contribution in [3.63, 3.8) is 0 Å². The number of hydrogen-bond donors (Lipinski definition) is 2. The number of ether oxygens (including phenoxy) is 1. The first-order valence-corrected chi connectivity index (χ1v) is 4.34. The van der Waals surface area contributed by atoms with Crippen LogP contribution >= 0.6 is 11.6 Å². The first-order chi connectivity index (χ1) is 6.68. The van der Waals surface area contributed by atoms with Crippen molar-refractivity contribution in [3.8, 4) is 0 Å². The van der Waals surface area contributed by atoms with Gasteiger partial charge in [-0.15, -0.1) is 0 Å². The third-order valence-corrected chi connectivity index (χ3v) is 1.60. The fraction of sp³-hybridized carbons (Fsp3) is 0.250. The number of carbonyl (C=O) groups excluding carboxylic acids is 1. The minimum Gasteiger partial charge on any atom is -0.448 e. The van der Waals surface area contributed by atoms with Crippen molar-refractivity contribution in [2.75, 3.05) is 18.5 Å². The summed E-state index contributed by atoms with van der Waals surface area (Å²) in [6, 6.07) is 3.44. The number of carbonyl (C=O) groups is 1. The molecule has 0 unspecified atom stereocenters. The predicted octanol–water partition coefficient (Wildman–Crippen LogP) is 1.24. The van der Waals surface area contributed by atoms with E-state index in [0.717, 1.165) is 0 Å². The van der Waals surface area contributed by atoms with Crippen LogP contribution in [0.4, 0.5) is 10.6 Å². The van der Waals surface area contributed by atoms with E-state index in [-0.39, 0.29) is 6.61 Å². The lowest BCUT2D eigenvalue weighted by Gasteiger charge is -2.04. The second-order valence-corrected chi connectivity index (χ2v) is 2.89.